The molecule has 0 aromatic carbocycles. The van der Waals surface area contributed by atoms with Crippen molar-refractivity contribution in [3.63, 3.8) is 0 Å². The van der Waals surface area contributed by atoms with Crippen molar-refractivity contribution >= 4 is 28.9 Å². The molecule has 2 fully saturated rings. The third-order valence-corrected chi connectivity index (χ3v) is 8.86. The fraction of sp³-hybridized carbons (Fsp3) is 0.594. The van der Waals surface area contributed by atoms with Crippen LogP contribution in [0.4, 0.5) is 5.69 Å². The van der Waals surface area contributed by atoms with Crippen molar-refractivity contribution in [3.8, 4) is 17.6 Å². The Morgan fingerprint density at radius 2 is 1.88 bits per heavy atom. The topological polar surface area (TPSA) is 91.8 Å². The van der Waals surface area contributed by atoms with Crippen LogP contribution in [0.15, 0.2) is 30.6 Å². The third-order valence-electron chi connectivity index (χ3n) is 7.83. The van der Waals surface area contributed by atoms with Crippen molar-refractivity contribution in [2.75, 3.05) is 18.1 Å². The number of aromatic carboxylic acids is 1. The number of rotatable bonds is 9. The third kappa shape index (κ3) is 8.31. The molecule has 1 amide bonds. The van der Waals surface area contributed by atoms with Gasteiger partial charge in [-0.25, -0.2) is 4.79 Å². The number of carbonyl (C=O) groups excluding carboxylic acids is 1. The van der Waals surface area contributed by atoms with E-state index < -0.39 is 5.97 Å². The lowest BCUT2D eigenvalue weighted by Gasteiger charge is -2.39. The molecule has 7 nitrogen and oxygen atoms in total. The smallest absolute Gasteiger partial charge is 0.348 e. The van der Waals surface area contributed by atoms with E-state index in [1.54, 1.807) is 12.4 Å². The second kappa shape index (κ2) is 13.6. The highest BCUT2D eigenvalue weighted by Crippen LogP contribution is 2.39. The summed E-state index contributed by atoms with van der Waals surface area (Å²) in [6.45, 7) is 9.64. The van der Waals surface area contributed by atoms with Crippen LogP contribution in [0.5, 0.6) is 5.75 Å². The van der Waals surface area contributed by atoms with Crippen LogP contribution in [0.25, 0.3) is 0 Å². The molecule has 216 valence electrons. The van der Waals surface area contributed by atoms with Crippen LogP contribution in [0.2, 0.25) is 0 Å². The number of nitrogens with one attached hydrogen (secondary N) is 1. The average molecular weight is 566 g/mol. The molecule has 2 aromatic heterocycles. The lowest BCUT2D eigenvalue weighted by Crippen LogP contribution is -2.48. The van der Waals surface area contributed by atoms with Gasteiger partial charge in [-0.2, -0.15) is 0 Å². The zero-order chi connectivity index (χ0) is 28.7. The summed E-state index contributed by atoms with van der Waals surface area (Å²) >= 11 is 1.18. The summed E-state index contributed by atoms with van der Waals surface area (Å²) in [5.74, 6) is 6.82. The molecule has 2 aliphatic rings. The van der Waals surface area contributed by atoms with Crippen molar-refractivity contribution in [1.82, 2.24) is 10.3 Å². The number of ether oxygens (including phenoxy) is 1. The van der Waals surface area contributed by atoms with Crippen LogP contribution in [-0.4, -0.2) is 47.2 Å². The minimum absolute atomic E-state index is 0.0207. The molecule has 0 aliphatic heterocycles. The van der Waals surface area contributed by atoms with Crippen LogP contribution < -0.4 is 15.0 Å². The minimum Gasteiger partial charge on any atom is -0.491 e. The zero-order valence-corrected chi connectivity index (χ0v) is 25.1. The maximum atomic E-state index is 14.1. The highest BCUT2D eigenvalue weighted by atomic mass is 32.1. The van der Waals surface area contributed by atoms with Crippen molar-refractivity contribution in [2.24, 2.45) is 17.3 Å². The quantitative estimate of drug-likeness (QED) is 0.271. The Labute approximate surface area is 242 Å². The van der Waals surface area contributed by atoms with Gasteiger partial charge in [0.25, 0.3) is 0 Å². The minimum atomic E-state index is -0.997. The summed E-state index contributed by atoms with van der Waals surface area (Å²) in [7, 11) is 0. The molecule has 2 N–H and O–H groups in total. The Morgan fingerprint density at radius 1 is 1.15 bits per heavy atom. The van der Waals surface area contributed by atoms with Crippen LogP contribution in [0.3, 0.4) is 0 Å². The van der Waals surface area contributed by atoms with Crippen molar-refractivity contribution in [3.05, 3.63) is 40.3 Å². The van der Waals surface area contributed by atoms with Gasteiger partial charge < -0.3 is 20.1 Å². The highest BCUT2D eigenvalue weighted by Gasteiger charge is 2.37. The highest BCUT2D eigenvalue weighted by molar-refractivity contribution is 7.15. The molecule has 0 radical (unpaired) electrons. The molecule has 0 saturated heterocycles. The lowest BCUT2D eigenvalue weighted by molar-refractivity contribution is -0.124. The molecule has 4 rings (SSSR count). The fourth-order valence-electron chi connectivity index (χ4n) is 5.63. The first-order valence-corrected chi connectivity index (χ1v) is 15.4. The number of thiophene rings is 1. The molecule has 2 heterocycles. The molecule has 0 atom stereocenters. The van der Waals surface area contributed by atoms with Gasteiger partial charge in [0, 0.05) is 36.2 Å². The number of anilines is 1. The Hall–Kier alpha value is -2.89. The molecule has 0 bridgehead atoms. The fourth-order valence-corrected chi connectivity index (χ4v) is 6.47. The summed E-state index contributed by atoms with van der Waals surface area (Å²) in [4.78, 5) is 33.3. The van der Waals surface area contributed by atoms with Crippen LogP contribution in [-0.2, 0) is 4.79 Å². The number of hydrogen-bond acceptors (Lipinski definition) is 6. The van der Waals surface area contributed by atoms with E-state index in [1.165, 1.54) is 11.3 Å². The van der Waals surface area contributed by atoms with Crippen molar-refractivity contribution in [1.29, 1.82) is 0 Å². The van der Waals surface area contributed by atoms with Gasteiger partial charge in [0.05, 0.1) is 16.8 Å². The number of amides is 1. The largest absolute Gasteiger partial charge is 0.491 e. The second-order valence-electron chi connectivity index (χ2n) is 12.3. The number of aromatic nitrogens is 1. The van der Waals surface area contributed by atoms with Crippen LogP contribution >= 0.6 is 11.3 Å². The van der Waals surface area contributed by atoms with E-state index in [4.69, 9.17) is 4.74 Å². The Bertz CT molecular complexity index is 1190. The zero-order valence-electron chi connectivity index (χ0n) is 24.2. The monoisotopic (exact) mass is 565 g/mol. The van der Waals surface area contributed by atoms with Crippen molar-refractivity contribution < 1.29 is 19.4 Å². The summed E-state index contributed by atoms with van der Waals surface area (Å²) in [5.41, 5.74) is 0.330. The standard InChI is InChI=1S/C32H43N3O4S/c1-22-7-9-23(10-8-22)30(36)35(28-20-27(15-16-32(2,3)4)40-29(28)31(37)38)25-13-11-24(12-14-25)34-18-19-39-26-6-5-17-33-21-26/h5-6,17,20-25,34H,7-14,18-19H2,1-4H3,(H,37,38). The molecule has 2 aromatic rings. The summed E-state index contributed by atoms with van der Waals surface area (Å²) in [5, 5.41) is 13.7. The number of hydrogen-bond donors (Lipinski definition) is 2. The Kier molecular flexibility index (Phi) is 10.3. The molecule has 2 saturated carbocycles. The molecular weight excluding hydrogens is 522 g/mol. The molecule has 8 heteroatoms. The molecule has 0 unspecified atom stereocenters. The first-order chi connectivity index (χ1) is 19.1. The number of carboxylic acid groups (broad SMARTS) is 1. The SMILES string of the molecule is CC1CCC(C(=O)N(c2cc(C#CC(C)(C)C)sc2C(=O)O)C2CCC(NCCOc3cccnc3)CC2)CC1. The second-order valence-corrected chi connectivity index (χ2v) is 13.3. The predicted octanol–water partition coefficient (Wildman–Crippen LogP) is 6.38. The van der Waals surface area contributed by atoms with Gasteiger partial charge in [-0.1, -0.05) is 18.8 Å². The normalized spacial score (nSPS) is 23.1. The predicted molar refractivity (Wildman–Crippen MR) is 160 cm³/mol. The lowest BCUT2D eigenvalue weighted by atomic mass is 9.81. The molecule has 40 heavy (non-hydrogen) atoms. The van der Waals surface area contributed by atoms with Crippen LogP contribution in [0, 0.1) is 29.1 Å². The summed E-state index contributed by atoms with van der Waals surface area (Å²) in [6.07, 6.45) is 10.8. The van der Waals surface area contributed by atoms with Gasteiger partial charge in [-0.05, 0) is 96.3 Å². The van der Waals surface area contributed by atoms with E-state index >= 15 is 0 Å². The average Bonchev–Trinajstić information content (AvgIpc) is 3.36. The van der Waals surface area contributed by atoms with Gasteiger partial charge in [0.2, 0.25) is 5.91 Å². The number of nitrogens with zero attached hydrogens (tertiary/aromatic N) is 2. The first-order valence-electron chi connectivity index (χ1n) is 14.6. The maximum absolute atomic E-state index is 14.1. The van der Waals surface area contributed by atoms with Crippen molar-refractivity contribution in [2.45, 2.75) is 91.1 Å². The van der Waals surface area contributed by atoms with E-state index in [2.05, 4.69) is 29.1 Å². The van der Waals surface area contributed by atoms with Gasteiger partial charge in [-0.3, -0.25) is 9.78 Å². The Morgan fingerprint density at radius 3 is 2.50 bits per heavy atom. The van der Waals surface area contributed by atoms with E-state index in [0.717, 1.165) is 63.7 Å². The number of carbonyl (C=O) groups is 2. The first kappa shape index (κ1) is 30.1. The van der Waals surface area contributed by atoms with Gasteiger partial charge in [-0.15, -0.1) is 11.3 Å². The van der Waals surface area contributed by atoms with Gasteiger partial charge in [0.15, 0.2) is 0 Å². The molecule has 2 aliphatic carbocycles. The number of pyridine rings is 1. The van der Waals surface area contributed by atoms with Gasteiger partial charge in [0.1, 0.15) is 17.2 Å². The maximum Gasteiger partial charge on any atom is 0.348 e. The van der Waals surface area contributed by atoms with Crippen LogP contribution in [0.1, 0.15) is 93.6 Å². The van der Waals surface area contributed by atoms with E-state index in [0.29, 0.717) is 29.1 Å². The molecular formula is C32H43N3O4S. The van der Waals surface area contributed by atoms with E-state index in [1.807, 2.05) is 43.9 Å². The summed E-state index contributed by atoms with van der Waals surface area (Å²) in [6, 6.07) is 5.92. The van der Waals surface area contributed by atoms with E-state index in [-0.39, 0.29) is 28.2 Å². The number of carboxylic acids is 1. The van der Waals surface area contributed by atoms with Gasteiger partial charge >= 0.3 is 5.97 Å². The molecule has 0 spiro atoms. The summed E-state index contributed by atoms with van der Waals surface area (Å²) < 4.78 is 5.76. The Balaban J connectivity index is 1.48. The van der Waals surface area contributed by atoms with E-state index in [9.17, 15) is 14.7 Å².